The molecule has 4 aromatic rings. The second kappa shape index (κ2) is 9.15. The molecule has 0 spiro atoms. The van der Waals surface area contributed by atoms with Crippen molar-refractivity contribution in [2.45, 2.75) is 11.8 Å². The number of thiophene rings is 1. The lowest BCUT2D eigenvalue weighted by Gasteiger charge is -2.22. The molecule has 178 valence electrons. The Balaban J connectivity index is 1.90. The zero-order valence-corrected chi connectivity index (χ0v) is 21.2. The molecule has 1 atom stereocenters. The Labute approximate surface area is 205 Å². The van der Waals surface area contributed by atoms with Gasteiger partial charge in [0.1, 0.15) is 15.8 Å². The van der Waals surface area contributed by atoms with Gasteiger partial charge in [-0.05, 0) is 48.9 Å². The van der Waals surface area contributed by atoms with E-state index in [9.17, 15) is 26.4 Å². The van der Waals surface area contributed by atoms with Gasteiger partial charge < -0.3 is 4.74 Å². The van der Waals surface area contributed by atoms with E-state index in [0.717, 1.165) is 33.2 Å². The lowest BCUT2D eigenvalue weighted by molar-refractivity contribution is 0.0595. The van der Waals surface area contributed by atoms with E-state index in [1.807, 2.05) is 0 Å². The largest absolute Gasteiger partial charge is 0.464 e. The number of carbonyl (C=O) groups is 1. The highest BCUT2D eigenvalue weighted by molar-refractivity contribution is 7.91. The predicted molar refractivity (Wildman–Crippen MR) is 131 cm³/mol. The second-order valence-electron chi connectivity index (χ2n) is 7.18. The van der Waals surface area contributed by atoms with E-state index in [2.05, 4.69) is 9.72 Å². The molecule has 34 heavy (non-hydrogen) atoms. The van der Waals surface area contributed by atoms with Crippen LogP contribution in [0.3, 0.4) is 0 Å². The first-order valence-corrected chi connectivity index (χ1v) is 14.1. The number of rotatable bonds is 6. The standard InChI is InChI=1S/C21H17FN2O6S4/c1-11-14-9-13(22)5-7-17(14)32-20(11)24(33(26)27)16-6-4-12(8-18(16)34(3,28)29)19-23-15(10-31-19)21(25)30-2/h4-10H,1-3H3,(H,26,27). The van der Waals surface area contributed by atoms with Crippen LogP contribution in [0.4, 0.5) is 15.1 Å². The minimum atomic E-state index is -3.87. The molecule has 13 heteroatoms. The number of thiazole rings is 1. The summed E-state index contributed by atoms with van der Waals surface area (Å²) in [5.74, 6) is -1.08. The quantitative estimate of drug-likeness (QED) is 0.272. The SMILES string of the molecule is COC(=O)c1csc(-c2ccc(N(c3sc4ccc(F)cc4c3C)S(=O)O)c(S(C)(=O)=O)c2)n1. The molecule has 4 rings (SSSR count). The van der Waals surface area contributed by atoms with Gasteiger partial charge in [-0.2, -0.15) is 0 Å². The van der Waals surface area contributed by atoms with Crippen molar-refractivity contribution < 1.29 is 31.1 Å². The zero-order valence-electron chi connectivity index (χ0n) is 17.9. The summed E-state index contributed by atoms with van der Waals surface area (Å²) in [6.07, 6.45) is 0.989. The summed E-state index contributed by atoms with van der Waals surface area (Å²) in [6, 6.07) is 8.47. The minimum absolute atomic E-state index is 0.0213. The van der Waals surface area contributed by atoms with Crippen molar-refractivity contribution in [2.24, 2.45) is 0 Å². The van der Waals surface area contributed by atoms with Gasteiger partial charge >= 0.3 is 5.97 Å². The van der Waals surface area contributed by atoms with Crippen LogP contribution in [-0.4, -0.2) is 41.5 Å². The average molecular weight is 541 g/mol. The van der Waals surface area contributed by atoms with E-state index in [1.165, 1.54) is 36.8 Å². The monoisotopic (exact) mass is 540 g/mol. The minimum Gasteiger partial charge on any atom is -0.464 e. The van der Waals surface area contributed by atoms with E-state index in [1.54, 1.807) is 19.1 Å². The summed E-state index contributed by atoms with van der Waals surface area (Å²) in [7, 11) is -2.64. The van der Waals surface area contributed by atoms with Crippen molar-refractivity contribution in [2.75, 3.05) is 17.7 Å². The van der Waals surface area contributed by atoms with E-state index in [4.69, 9.17) is 0 Å². The number of fused-ring (bicyclic) bond motifs is 1. The maximum Gasteiger partial charge on any atom is 0.357 e. The maximum atomic E-state index is 13.8. The maximum absolute atomic E-state index is 13.8. The number of sulfone groups is 1. The van der Waals surface area contributed by atoms with Crippen LogP contribution in [-0.2, 0) is 25.8 Å². The second-order valence-corrected chi connectivity index (χ2v) is 11.9. The molecule has 0 bridgehead atoms. The first-order valence-electron chi connectivity index (χ1n) is 9.49. The van der Waals surface area contributed by atoms with Gasteiger partial charge in [-0.25, -0.2) is 31.1 Å². The van der Waals surface area contributed by atoms with Crippen LogP contribution in [0.25, 0.3) is 20.7 Å². The van der Waals surface area contributed by atoms with Gasteiger partial charge in [0.2, 0.25) is 0 Å². The van der Waals surface area contributed by atoms with Gasteiger partial charge in [-0.15, -0.1) is 22.7 Å². The lowest BCUT2D eigenvalue weighted by atomic mass is 10.1. The van der Waals surface area contributed by atoms with Crippen molar-refractivity contribution in [3.63, 3.8) is 0 Å². The molecule has 2 aromatic carbocycles. The smallest absolute Gasteiger partial charge is 0.357 e. The summed E-state index contributed by atoms with van der Waals surface area (Å²) < 4.78 is 68.2. The highest BCUT2D eigenvalue weighted by atomic mass is 32.2. The van der Waals surface area contributed by atoms with Crippen LogP contribution in [0.1, 0.15) is 16.1 Å². The lowest BCUT2D eigenvalue weighted by Crippen LogP contribution is -2.21. The number of aromatic nitrogens is 1. The number of hydrogen-bond donors (Lipinski definition) is 1. The topological polar surface area (TPSA) is 114 Å². The van der Waals surface area contributed by atoms with Crippen LogP contribution in [0.5, 0.6) is 0 Å². The number of methoxy groups -OCH3 is 1. The molecular formula is C21H17FN2O6S4. The molecule has 0 aliphatic rings. The van der Waals surface area contributed by atoms with Crippen LogP contribution >= 0.6 is 22.7 Å². The number of halogens is 1. The Hall–Kier alpha value is -2.71. The first-order chi connectivity index (χ1) is 16.0. The van der Waals surface area contributed by atoms with Crippen LogP contribution in [0, 0.1) is 12.7 Å². The number of benzene rings is 2. The molecule has 0 radical (unpaired) electrons. The van der Waals surface area contributed by atoms with Crippen molar-refractivity contribution in [1.82, 2.24) is 4.98 Å². The Morgan fingerprint density at radius 1 is 1.24 bits per heavy atom. The molecule has 8 nitrogen and oxygen atoms in total. The molecule has 0 saturated heterocycles. The summed E-state index contributed by atoms with van der Waals surface area (Å²) in [5.41, 5.74) is 1.00. The van der Waals surface area contributed by atoms with E-state index in [-0.39, 0.29) is 16.3 Å². The molecule has 0 fully saturated rings. The van der Waals surface area contributed by atoms with Crippen LogP contribution in [0.15, 0.2) is 46.7 Å². The number of anilines is 2. The Morgan fingerprint density at radius 2 is 1.97 bits per heavy atom. The summed E-state index contributed by atoms with van der Waals surface area (Å²) in [6.45, 7) is 1.67. The molecule has 2 heterocycles. The van der Waals surface area contributed by atoms with Gasteiger partial charge in [0, 0.05) is 27.3 Å². The third-order valence-corrected chi connectivity index (χ3v) is 9.02. The average Bonchev–Trinajstić information content (AvgIpc) is 3.39. The van der Waals surface area contributed by atoms with Crippen molar-refractivity contribution in [1.29, 1.82) is 0 Å². The molecule has 1 unspecified atom stereocenters. The number of ether oxygens (including phenoxy) is 1. The Kier molecular flexibility index (Phi) is 6.57. The summed E-state index contributed by atoms with van der Waals surface area (Å²) in [4.78, 5) is 15.7. The predicted octanol–water partition coefficient (Wildman–Crippen LogP) is 4.94. The summed E-state index contributed by atoms with van der Waals surface area (Å²) in [5, 5.41) is 2.73. The molecule has 2 aromatic heterocycles. The third kappa shape index (κ3) is 4.49. The Morgan fingerprint density at radius 3 is 2.62 bits per heavy atom. The molecule has 0 saturated carbocycles. The molecule has 0 aliphatic carbocycles. The van der Waals surface area contributed by atoms with E-state index >= 15 is 0 Å². The number of hydrogen-bond acceptors (Lipinski definition) is 8. The van der Waals surface area contributed by atoms with E-state index in [0.29, 0.717) is 31.2 Å². The van der Waals surface area contributed by atoms with Crippen molar-refractivity contribution in [3.8, 4) is 10.6 Å². The normalized spacial score (nSPS) is 12.6. The zero-order chi connectivity index (χ0) is 24.8. The van der Waals surface area contributed by atoms with Crippen LogP contribution in [0.2, 0.25) is 0 Å². The Bertz CT molecular complexity index is 1560. The number of carbonyl (C=O) groups excluding carboxylic acids is 1. The van der Waals surface area contributed by atoms with Gasteiger partial charge in [-0.3, -0.25) is 4.55 Å². The van der Waals surface area contributed by atoms with Gasteiger partial charge in [0.15, 0.2) is 15.5 Å². The van der Waals surface area contributed by atoms with Gasteiger partial charge in [0.05, 0.1) is 17.7 Å². The fraction of sp³-hybridized carbons (Fsp3) is 0.143. The van der Waals surface area contributed by atoms with Gasteiger partial charge in [-0.1, -0.05) is 0 Å². The highest BCUT2D eigenvalue weighted by Gasteiger charge is 2.28. The molecule has 1 N–H and O–H groups in total. The molecule has 0 amide bonds. The number of esters is 1. The van der Waals surface area contributed by atoms with Crippen molar-refractivity contribution in [3.05, 3.63) is 58.9 Å². The third-order valence-electron chi connectivity index (χ3n) is 4.94. The molecular weight excluding hydrogens is 524 g/mol. The number of nitrogens with zero attached hydrogens (tertiary/aromatic N) is 2. The fourth-order valence-corrected chi connectivity index (χ4v) is 7.10. The van der Waals surface area contributed by atoms with Crippen molar-refractivity contribution >= 4 is 70.5 Å². The van der Waals surface area contributed by atoms with E-state index < -0.39 is 32.9 Å². The highest BCUT2D eigenvalue weighted by Crippen LogP contribution is 2.44. The van der Waals surface area contributed by atoms with Crippen LogP contribution < -0.4 is 4.31 Å². The first kappa shape index (κ1) is 24.4. The summed E-state index contributed by atoms with van der Waals surface area (Å²) >= 11 is -0.367. The fourth-order valence-electron chi connectivity index (χ4n) is 3.35. The van der Waals surface area contributed by atoms with Gasteiger partial charge in [0.25, 0.3) is 11.3 Å². The number of aryl methyl sites for hydroxylation is 1. The molecule has 0 aliphatic heterocycles.